The Morgan fingerprint density at radius 1 is 1.03 bits per heavy atom. The summed E-state index contributed by atoms with van der Waals surface area (Å²) >= 11 is 0. The van der Waals surface area contributed by atoms with E-state index in [1.54, 1.807) is 0 Å². The van der Waals surface area contributed by atoms with Crippen LogP contribution < -0.4 is 27.8 Å². The van der Waals surface area contributed by atoms with E-state index < -0.39 is 24.0 Å². The molecule has 0 bridgehead atoms. The smallest absolute Gasteiger partial charge is 0.328 e. The Hall–Kier alpha value is -3.43. The molecule has 0 heterocycles. The van der Waals surface area contributed by atoms with Crippen LogP contribution in [-0.2, 0) is 20.7 Å². The van der Waals surface area contributed by atoms with Crippen LogP contribution in [-0.4, -0.2) is 43.5 Å². The lowest BCUT2D eigenvalue weighted by Crippen LogP contribution is -2.41. The van der Waals surface area contributed by atoms with Crippen LogP contribution in [0, 0.1) is 0 Å². The van der Waals surface area contributed by atoms with Gasteiger partial charge in [0.15, 0.2) is 0 Å². The van der Waals surface area contributed by atoms with Crippen LogP contribution in [0.4, 0.5) is 11.4 Å². The van der Waals surface area contributed by atoms with Crippen molar-refractivity contribution in [2.45, 2.75) is 44.2 Å². The van der Waals surface area contributed by atoms with Crippen molar-refractivity contribution in [2.24, 2.45) is 11.5 Å². The van der Waals surface area contributed by atoms with Crippen LogP contribution in [0.1, 0.15) is 41.6 Å². The molecule has 2 amide bonds. The van der Waals surface area contributed by atoms with Gasteiger partial charge in [-0.2, -0.15) is 0 Å². The summed E-state index contributed by atoms with van der Waals surface area (Å²) < 4.78 is 4.77. The van der Waals surface area contributed by atoms with Crippen LogP contribution in [0.5, 0.6) is 0 Å². The van der Waals surface area contributed by atoms with Crippen molar-refractivity contribution in [1.82, 2.24) is 5.32 Å². The van der Waals surface area contributed by atoms with Crippen molar-refractivity contribution < 1.29 is 19.1 Å². The topological polar surface area (TPSA) is 163 Å². The summed E-state index contributed by atoms with van der Waals surface area (Å²) in [5, 5.41) is 5.37. The second-order valence-corrected chi connectivity index (χ2v) is 7.76. The normalized spacial score (nSPS) is 12.5. The van der Waals surface area contributed by atoms with Crippen LogP contribution >= 0.6 is 0 Å². The van der Waals surface area contributed by atoms with Crippen LogP contribution in [0.3, 0.4) is 0 Å². The van der Waals surface area contributed by atoms with Gasteiger partial charge in [-0.25, -0.2) is 4.79 Å². The number of amides is 2. The molecule has 0 aliphatic heterocycles. The first-order valence-corrected chi connectivity index (χ1v) is 10.9. The molecule has 0 saturated carbocycles. The number of hydrogen-bond acceptors (Lipinski definition) is 7. The number of nitrogen functional groups attached to an aromatic ring is 1. The quantitative estimate of drug-likeness (QED) is 0.184. The highest BCUT2D eigenvalue weighted by molar-refractivity contribution is 6.01. The second kappa shape index (κ2) is 13.2. The minimum absolute atomic E-state index is 0.212. The molecule has 0 aromatic heterocycles. The minimum atomic E-state index is -0.780. The lowest BCUT2D eigenvalue weighted by Gasteiger charge is -2.17. The molecule has 0 fully saturated rings. The fourth-order valence-electron chi connectivity index (χ4n) is 3.27. The van der Waals surface area contributed by atoms with Gasteiger partial charge in [-0.3, -0.25) is 9.59 Å². The summed E-state index contributed by atoms with van der Waals surface area (Å²) in [6.07, 6.45) is 2.98. The van der Waals surface area contributed by atoms with Gasteiger partial charge >= 0.3 is 5.97 Å². The van der Waals surface area contributed by atoms with E-state index >= 15 is 0 Å². The number of hydrogen-bond donors (Lipinski definition) is 5. The summed E-state index contributed by atoms with van der Waals surface area (Å²) in [5.74, 6) is -1.36. The summed E-state index contributed by atoms with van der Waals surface area (Å²) in [4.78, 5) is 37.0. The molecule has 9 nitrogen and oxygen atoms in total. The van der Waals surface area contributed by atoms with Gasteiger partial charge in [0.1, 0.15) is 6.04 Å². The molecule has 8 N–H and O–H groups in total. The number of carbonyl (C=O) groups excluding carboxylic acids is 3. The molecule has 0 saturated heterocycles. The van der Waals surface area contributed by atoms with Crippen LogP contribution in [0.15, 0.2) is 48.5 Å². The molecular formula is C24H33N5O4. The van der Waals surface area contributed by atoms with Crippen molar-refractivity contribution in [2.75, 3.05) is 24.7 Å². The van der Waals surface area contributed by atoms with Gasteiger partial charge in [-0.05, 0) is 62.4 Å². The zero-order chi connectivity index (χ0) is 24.2. The third kappa shape index (κ3) is 8.21. The molecule has 0 aliphatic carbocycles. The number of anilines is 2. The molecular weight excluding hydrogens is 422 g/mol. The van der Waals surface area contributed by atoms with E-state index in [0.717, 1.165) is 12.0 Å². The van der Waals surface area contributed by atoms with Gasteiger partial charge in [-0.15, -0.1) is 0 Å². The van der Waals surface area contributed by atoms with Crippen LogP contribution in [0.25, 0.3) is 0 Å². The van der Waals surface area contributed by atoms with E-state index in [0.29, 0.717) is 37.9 Å². The monoisotopic (exact) mass is 455 g/mol. The first-order valence-electron chi connectivity index (χ1n) is 10.9. The molecule has 9 heteroatoms. The average Bonchev–Trinajstić information content (AvgIpc) is 2.83. The standard InChI is InChI=1S/C24H33N5O4/c1-33-24(32)21(9-5-6-14-25)29-22(30)17-11-13-20(19(27)15-17)28-23(31)18(26)12-10-16-7-3-2-4-8-16/h2-4,7-8,11,13,15,18,21H,5-6,9-10,12,14,25-27H2,1H3,(H,28,31)(H,29,30)/t18-,21-/m0/s1. The van der Waals surface area contributed by atoms with Gasteiger partial charge < -0.3 is 32.6 Å². The fourth-order valence-corrected chi connectivity index (χ4v) is 3.27. The maximum Gasteiger partial charge on any atom is 0.328 e. The first-order chi connectivity index (χ1) is 15.8. The van der Waals surface area contributed by atoms with Gasteiger partial charge in [0.2, 0.25) is 5.91 Å². The predicted molar refractivity (Wildman–Crippen MR) is 128 cm³/mol. The molecule has 2 aromatic carbocycles. The number of methoxy groups -OCH3 is 1. The Bertz CT molecular complexity index is 936. The Labute approximate surface area is 194 Å². The number of ether oxygens (including phenoxy) is 1. The summed E-state index contributed by atoms with van der Waals surface area (Å²) in [6, 6.07) is 12.8. The van der Waals surface area contributed by atoms with E-state index in [-0.39, 0.29) is 17.2 Å². The van der Waals surface area contributed by atoms with E-state index in [2.05, 4.69) is 10.6 Å². The lowest BCUT2D eigenvalue weighted by atomic mass is 10.0. The molecule has 2 atom stereocenters. The number of unbranched alkanes of at least 4 members (excludes halogenated alkanes) is 1. The highest BCUT2D eigenvalue weighted by Gasteiger charge is 2.22. The maximum absolute atomic E-state index is 12.6. The number of benzene rings is 2. The minimum Gasteiger partial charge on any atom is -0.467 e. The lowest BCUT2D eigenvalue weighted by molar-refractivity contribution is -0.143. The summed E-state index contributed by atoms with van der Waals surface area (Å²) in [5.41, 5.74) is 19.5. The number of carbonyl (C=O) groups is 3. The molecule has 33 heavy (non-hydrogen) atoms. The summed E-state index contributed by atoms with van der Waals surface area (Å²) in [6.45, 7) is 0.501. The maximum atomic E-state index is 12.6. The van der Waals surface area contributed by atoms with E-state index in [4.69, 9.17) is 21.9 Å². The third-order valence-corrected chi connectivity index (χ3v) is 5.23. The third-order valence-electron chi connectivity index (χ3n) is 5.23. The number of nitrogens with one attached hydrogen (secondary N) is 2. The van der Waals surface area contributed by atoms with Crippen molar-refractivity contribution in [3.05, 3.63) is 59.7 Å². The largest absolute Gasteiger partial charge is 0.467 e. The van der Waals surface area contributed by atoms with Gasteiger partial charge in [0, 0.05) is 5.56 Å². The van der Waals surface area contributed by atoms with Crippen molar-refractivity contribution in [1.29, 1.82) is 0 Å². The fraction of sp³-hybridized carbons (Fsp3) is 0.375. The van der Waals surface area contributed by atoms with Crippen LogP contribution in [0.2, 0.25) is 0 Å². The van der Waals surface area contributed by atoms with E-state index in [1.165, 1.54) is 25.3 Å². The predicted octanol–water partition coefficient (Wildman–Crippen LogP) is 1.57. The Morgan fingerprint density at radius 3 is 2.39 bits per heavy atom. The average molecular weight is 456 g/mol. The van der Waals surface area contributed by atoms with Crippen molar-refractivity contribution in [3.63, 3.8) is 0 Å². The number of esters is 1. The SMILES string of the molecule is COC(=O)[C@H](CCCCN)NC(=O)c1ccc(NC(=O)[C@@H](N)CCc2ccccc2)c(N)c1. The molecule has 0 aliphatic rings. The van der Waals surface area contributed by atoms with Crippen molar-refractivity contribution in [3.8, 4) is 0 Å². The van der Waals surface area contributed by atoms with E-state index in [9.17, 15) is 14.4 Å². The molecule has 0 spiro atoms. The molecule has 2 rings (SSSR count). The molecule has 178 valence electrons. The first kappa shape index (κ1) is 25.8. The highest BCUT2D eigenvalue weighted by Crippen LogP contribution is 2.21. The van der Waals surface area contributed by atoms with E-state index in [1.807, 2.05) is 30.3 Å². The summed E-state index contributed by atoms with van der Waals surface area (Å²) in [7, 11) is 1.27. The zero-order valence-corrected chi connectivity index (χ0v) is 18.9. The molecule has 0 unspecified atom stereocenters. The number of nitrogens with two attached hydrogens (primary N) is 3. The Balaban J connectivity index is 1.96. The molecule has 0 radical (unpaired) electrons. The number of rotatable bonds is 12. The Morgan fingerprint density at radius 2 is 1.76 bits per heavy atom. The zero-order valence-electron chi connectivity index (χ0n) is 18.9. The Kier molecular flexibility index (Phi) is 10.3. The van der Waals surface area contributed by atoms with Crippen molar-refractivity contribution >= 4 is 29.2 Å². The van der Waals surface area contributed by atoms with Gasteiger partial charge in [0.05, 0.1) is 24.5 Å². The second-order valence-electron chi connectivity index (χ2n) is 7.76. The van der Waals surface area contributed by atoms with Gasteiger partial charge in [-0.1, -0.05) is 30.3 Å². The molecule has 2 aromatic rings. The number of aryl methyl sites for hydroxylation is 1. The van der Waals surface area contributed by atoms with Gasteiger partial charge in [0.25, 0.3) is 5.91 Å². The highest BCUT2D eigenvalue weighted by atomic mass is 16.5.